The van der Waals surface area contributed by atoms with Crippen molar-refractivity contribution < 1.29 is 0 Å². The molecule has 0 aliphatic carbocycles. The first-order valence-electron chi connectivity index (χ1n) is 19.9. The van der Waals surface area contributed by atoms with Gasteiger partial charge in [-0.25, -0.2) is 0 Å². The third-order valence-electron chi connectivity index (χ3n) is 11.5. The van der Waals surface area contributed by atoms with Crippen LogP contribution >= 0.6 is 0 Å². The predicted octanol–water partition coefficient (Wildman–Crippen LogP) is 15.6. The average Bonchev–Trinajstić information content (AvgIpc) is 3.64. The second-order valence-electron chi connectivity index (χ2n) is 14.9. The van der Waals surface area contributed by atoms with Gasteiger partial charge >= 0.3 is 0 Å². The quantitative estimate of drug-likeness (QED) is 0.158. The molecule has 10 aromatic carbocycles. The molecule has 2 heteroatoms. The number of aromatic nitrogens is 1. The highest BCUT2D eigenvalue weighted by atomic mass is 15.1. The van der Waals surface area contributed by atoms with Gasteiger partial charge in [-0.1, -0.05) is 170 Å². The summed E-state index contributed by atoms with van der Waals surface area (Å²) in [6, 6.07) is 83.8. The molecular weight excluding hydrogens is 701 g/mol. The van der Waals surface area contributed by atoms with E-state index < -0.39 is 0 Å². The monoisotopic (exact) mass is 738 g/mol. The maximum Gasteiger partial charge on any atom is 0.0562 e. The predicted molar refractivity (Wildman–Crippen MR) is 247 cm³/mol. The van der Waals surface area contributed by atoms with E-state index in [4.69, 9.17) is 0 Å². The number of hydrogen-bond acceptors (Lipinski definition) is 1. The molecule has 1 heterocycles. The Morgan fingerprint density at radius 1 is 0.328 bits per heavy atom. The van der Waals surface area contributed by atoms with Gasteiger partial charge in [-0.15, -0.1) is 0 Å². The van der Waals surface area contributed by atoms with Crippen LogP contribution < -0.4 is 4.90 Å². The number of nitrogens with zero attached hydrogens (tertiary/aromatic N) is 2. The van der Waals surface area contributed by atoms with Crippen molar-refractivity contribution in [1.82, 2.24) is 4.57 Å². The van der Waals surface area contributed by atoms with Gasteiger partial charge in [-0.2, -0.15) is 0 Å². The Balaban J connectivity index is 1.18. The number of benzene rings is 10. The third kappa shape index (κ3) is 5.74. The van der Waals surface area contributed by atoms with Crippen molar-refractivity contribution in [2.45, 2.75) is 0 Å². The van der Waals surface area contributed by atoms with Crippen LogP contribution in [0.4, 0.5) is 17.1 Å². The van der Waals surface area contributed by atoms with Crippen LogP contribution in [0, 0.1) is 0 Å². The van der Waals surface area contributed by atoms with Crippen molar-refractivity contribution in [1.29, 1.82) is 0 Å². The Morgan fingerprint density at radius 3 is 1.60 bits per heavy atom. The summed E-state index contributed by atoms with van der Waals surface area (Å²) in [5.74, 6) is 0. The molecule has 0 saturated heterocycles. The van der Waals surface area contributed by atoms with Crippen LogP contribution in [-0.2, 0) is 0 Å². The lowest BCUT2D eigenvalue weighted by Crippen LogP contribution is -2.10. The van der Waals surface area contributed by atoms with Gasteiger partial charge in [0.2, 0.25) is 0 Å². The van der Waals surface area contributed by atoms with Crippen LogP contribution in [0.5, 0.6) is 0 Å². The Kier molecular flexibility index (Phi) is 8.19. The van der Waals surface area contributed by atoms with Crippen LogP contribution in [0.3, 0.4) is 0 Å². The molecule has 0 amide bonds. The summed E-state index contributed by atoms with van der Waals surface area (Å²) < 4.78 is 2.49. The van der Waals surface area contributed by atoms with Gasteiger partial charge in [-0.3, -0.25) is 0 Å². The van der Waals surface area contributed by atoms with Crippen molar-refractivity contribution in [3.8, 4) is 39.1 Å². The zero-order chi connectivity index (χ0) is 38.4. The van der Waals surface area contributed by atoms with Gasteiger partial charge in [0.1, 0.15) is 0 Å². The van der Waals surface area contributed by atoms with Crippen LogP contribution in [0.1, 0.15) is 0 Å². The van der Waals surface area contributed by atoms with E-state index in [2.05, 4.69) is 240 Å². The van der Waals surface area contributed by atoms with Crippen molar-refractivity contribution in [2.24, 2.45) is 0 Å². The molecule has 272 valence electrons. The second kappa shape index (κ2) is 14.1. The van der Waals surface area contributed by atoms with Crippen molar-refractivity contribution >= 4 is 60.4 Å². The normalized spacial score (nSPS) is 11.4. The molecule has 0 aliphatic heterocycles. The lowest BCUT2D eigenvalue weighted by molar-refractivity contribution is 1.18. The summed E-state index contributed by atoms with van der Waals surface area (Å²) in [6.45, 7) is 0. The minimum Gasteiger partial charge on any atom is -0.310 e. The van der Waals surface area contributed by atoms with Gasteiger partial charge < -0.3 is 9.47 Å². The number of para-hydroxylation sites is 2. The Morgan fingerprint density at radius 2 is 0.862 bits per heavy atom. The van der Waals surface area contributed by atoms with E-state index in [0.29, 0.717) is 0 Å². The van der Waals surface area contributed by atoms with E-state index >= 15 is 0 Å². The Hall–Kier alpha value is -7.68. The lowest BCUT2D eigenvalue weighted by Gasteiger charge is -2.27. The molecule has 58 heavy (non-hydrogen) atoms. The molecule has 0 saturated carbocycles. The Labute approximate surface area is 338 Å². The first-order valence-corrected chi connectivity index (χ1v) is 19.9. The van der Waals surface area contributed by atoms with Crippen LogP contribution in [-0.4, -0.2) is 4.57 Å². The van der Waals surface area contributed by atoms with Gasteiger partial charge in [-0.05, 0) is 110 Å². The van der Waals surface area contributed by atoms with E-state index in [-0.39, 0.29) is 0 Å². The molecule has 0 unspecified atom stereocenters. The molecule has 0 spiro atoms. The van der Waals surface area contributed by atoms with Crippen molar-refractivity contribution in [3.05, 3.63) is 231 Å². The van der Waals surface area contributed by atoms with Gasteiger partial charge in [0.05, 0.1) is 22.4 Å². The van der Waals surface area contributed by atoms with Crippen molar-refractivity contribution in [3.63, 3.8) is 0 Å². The molecule has 11 aromatic rings. The maximum atomic E-state index is 2.49. The van der Waals surface area contributed by atoms with Crippen LogP contribution in [0.25, 0.3) is 82.4 Å². The summed E-state index contributed by atoms with van der Waals surface area (Å²) in [4.78, 5) is 2.41. The number of fused-ring (bicyclic) bond motifs is 5. The standard InChI is InChI=1S/C56H38N2/c1-3-15-39(16-4-1)42-33-35-48(36-34-42)57(47-21-5-2-6-22-47)53-27-14-28-54-56(53)50-23-11-12-25-51(50)58(54)52-26-13-24-49(45-31-29-40-17-7-9-19-43(40)37-45)55(52)46-32-30-41-18-8-10-20-44(41)38-46/h1-38H. The van der Waals surface area contributed by atoms with Crippen molar-refractivity contribution in [2.75, 3.05) is 4.90 Å². The topological polar surface area (TPSA) is 8.17 Å². The summed E-state index contributed by atoms with van der Waals surface area (Å²) in [6.07, 6.45) is 0. The average molecular weight is 739 g/mol. The SMILES string of the molecule is c1ccc(-c2ccc(N(c3ccccc3)c3cccc4c3c3ccccc3n4-c3cccc(-c4ccc5ccccc5c4)c3-c3ccc4ccccc4c3)cc2)cc1. The second-order valence-corrected chi connectivity index (χ2v) is 14.9. The fourth-order valence-corrected chi connectivity index (χ4v) is 8.86. The van der Waals surface area contributed by atoms with E-state index in [1.165, 1.54) is 65.7 Å². The molecule has 0 bridgehead atoms. The molecule has 0 atom stereocenters. The summed E-state index contributed by atoms with van der Waals surface area (Å²) in [7, 11) is 0. The summed E-state index contributed by atoms with van der Waals surface area (Å²) >= 11 is 0. The molecule has 2 nitrogen and oxygen atoms in total. The molecule has 0 N–H and O–H groups in total. The summed E-state index contributed by atoms with van der Waals surface area (Å²) in [5, 5.41) is 7.33. The molecular formula is C56H38N2. The number of rotatable bonds is 7. The van der Waals surface area contributed by atoms with Gasteiger partial charge in [0, 0.05) is 27.7 Å². The number of hydrogen-bond donors (Lipinski definition) is 0. The smallest absolute Gasteiger partial charge is 0.0562 e. The van der Waals surface area contributed by atoms with Gasteiger partial charge in [0.15, 0.2) is 0 Å². The fraction of sp³-hybridized carbons (Fsp3) is 0. The highest BCUT2D eigenvalue weighted by Gasteiger charge is 2.23. The Bertz CT molecular complexity index is 3270. The maximum absolute atomic E-state index is 2.49. The highest BCUT2D eigenvalue weighted by Crippen LogP contribution is 2.46. The minimum atomic E-state index is 1.10. The third-order valence-corrected chi connectivity index (χ3v) is 11.5. The van der Waals surface area contributed by atoms with E-state index in [1.807, 2.05) is 0 Å². The molecule has 11 rings (SSSR count). The zero-order valence-electron chi connectivity index (χ0n) is 31.8. The number of anilines is 3. The van der Waals surface area contributed by atoms with E-state index in [0.717, 1.165) is 33.8 Å². The lowest BCUT2D eigenvalue weighted by atomic mass is 9.90. The summed E-state index contributed by atoms with van der Waals surface area (Å²) in [5.41, 5.74) is 14.0. The molecule has 1 aromatic heterocycles. The molecule has 0 aliphatic rings. The molecule has 0 radical (unpaired) electrons. The van der Waals surface area contributed by atoms with E-state index in [9.17, 15) is 0 Å². The first-order chi connectivity index (χ1) is 28.8. The van der Waals surface area contributed by atoms with Crippen LogP contribution in [0.2, 0.25) is 0 Å². The largest absolute Gasteiger partial charge is 0.310 e. The highest BCUT2D eigenvalue weighted by molar-refractivity contribution is 6.17. The minimum absolute atomic E-state index is 1.10. The fourth-order valence-electron chi connectivity index (χ4n) is 8.86. The molecule has 0 fully saturated rings. The first kappa shape index (κ1) is 33.6. The zero-order valence-corrected chi connectivity index (χ0v) is 31.8. The van der Waals surface area contributed by atoms with Gasteiger partial charge in [0.25, 0.3) is 0 Å². The van der Waals surface area contributed by atoms with Crippen LogP contribution in [0.15, 0.2) is 231 Å². The van der Waals surface area contributed by atoms with E-state index in [1.54, 1.807) is 0 Å².